The molecule has 13 heavy (non-hydrogen) atoms. The summed E-state index contributed by atoms with van der Waals surface area (Å²) in [4.78, 5) is 14.2. The van der Waals surface area contributed by atoms with Crippen LogP contribution in [0.1, 0.15) is 5.56 Å². The molecule has 3 heteroatoms. The molecule has 0 radical (unpaired) electrons. The van der Waals surface area contributed by atoms with Gasteiger partial charge in [0.15, 0.2) is 0 Å². The Balaban J connectivity index is 2.55. The summed E-state index contributed by atoms with van der Waals surface area (Å²) in [5.41, 5.74) is 5.88. The lowest BCUT2D eigenvalue weighted by Crippen LogP contribution is -2.04. The molecule has 2 N–H and O–H groups in total. The number of amides is 1. The van der Waals surface area contributed by atoms with E-state index in [0.717, 1.165) is 5.56 Å². The molecule has 0 aliphatic carbocycles. The van der Waals surface area contributed by atoms with Gasteiger partial charge in [-0.2, -0.15) is 0 Å². The van der Waals surface area contributed by atoms with E-state index in [1.807, 2.05) is 18.2 Å². The first kappa shape index (κ1) is 9.19. The third-order valence-electron chi connectivity index (χ3n) is 1.34. The van der Waals surface area contributed by atoms with Gasteiger partial charge >= 0.3 is 0 Å². The van der Waals surface area contributed by atoms with E-state index in [4.69, 9.17) is 5.73 Å². The van der Waals surface area contributed by atoms with Crippen molar-refractivity contribution in [1.29, 1.82) is 0 Å². The number of carbonyl (C=O) groups is 1. The lowest BCUT2D eigenvalue weighted by molar-refractivity contribution is -0.113. The summed E-state index contributed by atoms with van der Waals surface area (Å²) in [5, 5.41) is 0. The fourth-order valence-electron chi connectivity index (χ4n) is 0.792. The summed E-state index contributed by atoms with van der Waals surface area (Å²) in [6.45, 7) is 0. The minimum atomic E-state index is -0.448. The van der Waals surface area contributed by atoms with Gasteiger partial charge in [-0.1, -0.05) is 24.3 Å². The number of hydrogen-bond acceptors (Lipinski definition) is 2. The molecular formula is C10H10N2O. The van der Waals surface area contributed by atoms with Crippen molar-refractivity contribution in [3.8, 4) is 0 Å². The summed E-state index contributed by atoms with van der Waals surface area (Å²) in [6, 6.07) is 3.76. The summed E-state index contributed by atoms with van der Waals surface area (Å²) in [7, 11) is 0. The number of aromatic nitrogens is 1. The molecule has 0 spiro atoms. The molecule has 0 saturated carbocycles. The van der Waals surface area contributed by atoms with Crippen LogP contribution in [0.3, 0.4) is 0 Å². The molecule has 1 aromatic rings. The van der Waals surface area contributed by atoms with Crippen LogP contribution in [-0.2, 0) is 4.79 Å². The number of allylic oxidation sites excluding steroid dienone is 2. The largest absolute Gasteiger partial charge is 0.366 e. The maximum Gasteiger partial charge on any atom is 0.241 e. The van der Waals surface area contributed by atoms with Crippen molar-refractivity contribution in [2.24, 2.45) is 5.73 Å². The zero-order valence-electron chi connectivity index (χ0n) is 7.05. The first-order chi connectivity index (χ1) is 6.29. The van der Waals surface area contributed by atoms with Crippen LogP contribution in [0.4, 0.5) is 0 Å². The van der Waals surface area contributed by atoms with E-state index in [-0.39, 0.29) is 0 Å². The molecule has 0 bridgehead atoms. The maximum atomic E-state index is 10.3. The van der Waals surface area contributed by atoms with Crippen LogP contribution in [0, 0.1) is 0 Å². The fraction of sp³-hybridized carbons (Fsp3) is 0. The summed E-state index contributed by atoms with van der Waals surface area (Å²) in [5.74, 6) is -0.448. The number of rotatable bonds is 3. The molecule has 1 heterocycles. The molecule has 66 valence electrons. The van der Waals surface area contributed by atoms with Crippen LogP contribution in [0.5, 0.6) is 0 Å². The third-order valence-corrected chi connectivity index (χ3v) is 1.34. The second-order valence-electron chi connectivity index (χ2n) is 2.41. The Hall–Kier alpha value is -1.90. The van der Waals surface area contributed by atoms with E-state index >= 15 is 0 Å². The predicted molar refractivity (Wildman–Crippen MR) is 51.6 cm³/mol. The van der Waals surface area contributed by atoms with Gasteiger partial charge in [-0.05, 0) is 11.6 Å². The van der Waals surface area contributed by atoms with Gasteiger partial charge in [-0.15, -0.1) is 0 Å². The highest BCUT2D eigenvalue weighted by Gasteiger charge is 1.81. The van der Waals surface area contributed by atoms with Crippen molar-refractivity contribution in [2.75, 3.05) is 0 Å². The molecule has 1 rings (SSSR count). The molecular weight excluding hydrogens is 164 g/mol. The zero-order valence-corrected chi connectivity index (χ0v) is 7.05. The predicted octanol–water partition coefficient (Wildman–Crippen LogP) is 1.14. The average molecular weight is 174 g/mol. The fourth-order valence-corrected chi connectivity index (χ4v) is 0.792. The Morgan fingerprint density at radius 1 is 1.46 bits per heavy atom. The van der Waals surface area contributed by atoms with E-state index in [0.29, 0.717) is 0 Å². The number of primary amides is 1. The standard InChI is InChI=1S/C10H10N2O/c11-10(13)6-2-1-4-9-5-3-7-12-8-9/h1-8H,(H2,11,13)/b4-1+,6-2+. The first-order valence-electron chi connectivity index (χ1n) is 3.83. The minimum absolute atomic E-state index is 0.448. The number of pyridine rings is 1. The maximum absolute atomic E-state index is 10.3. The topological polar surface area (TPSA) is 56.0 Å². The van der Waals surface area contributed by atoms with Crippen LogP contribution in [0.2, 0.25) is 0 Å². The molecule has 0 aromatic carbocycles. The summed E-state index contributed by atoms with van der Waals surface area (Å²) < 4.78 is 0. The van der Waals surface area contributed by atoms with Crippen LogP contribution in [-0.4, -0.2) is 10.9 Å². The van der Waals surface area contributed by atoms with Crippen LogP contribution >= 0.6 is 0 Å². The Bertz CT molecular complexity index is 328. The second-order valence-corrected chi connectivity index (χ2v) is 2.41. The van der Waals surface area contributed by atoms with Crippen molar-refractivity contribution in [3.05, 3.63) is 48.3 Å². The normalized spacial score (nSPS) is 11.1. The van der Waals surface area contributed by atoms with Crippen LogP contribution in [0.15, 0.2) is 42.8 Å². The van der Waals surface area contributed by atoms with Crippen molar-refractivity contribution in [3.63, 3.8) is 0 Å². The molecule has 0 saturated heterocycles. The smallest absolute Gasteiger partial charge is 0.241 e. The molecule has 1 aromatic heterocycles. The highest BCUT2D eigenvalue weighted by atomic mass is 16.1. The Morgan fingerprint density at radius 2 is 2.31 bits per heavy atom. The molecule has 0 aliphatic heterocycles. The van der Waals surface area contributed by atoms with Gasteiger partial charge in [0, 0.05) is 18.5 Å². The van der Waals surface area contributed by atoms with Gasteiger partial charge in [-0.3, -0.25) is 9.78 Å². The van der Waals surface area contributed by atoms with Gasteiger partial charge in [0.2, 0.25) is 5.91 Å². The Labute approximate surface area is 76.6 Å². The van der Waals surface area contributed by atoms with E-state index in [2.05, 4.69) is 4.98 Å². The van der Waals surface area contributed by atoms with Crippen LogP contribution in [0.25, 0.3) is 6.08 Å². The number of hydrogen-bond donors (Lipinski definition) is 1. The molecule has 0 atom stereocenters. The third kappa shape index (κ3) is 3.86. The lowest BCUT2D eigenvalue weighted by atomic mass is 10.2. The molecule has 3 nitrogen and oxygen atoms in total. The second kappa shape index (κ2) is 4.87. The van der Waals surface area contributed by atoms with Gasteiger partial charge in [0.05, 0.1) is 0 Å². The van der Waals surface area contributed by atoms with Gasteiger partial charge in [0.1, 0.15) is 0 Å². The monoisotopic (exact) mass is 174 g/mol. The van der Waals surface area contributed by atoms with Gasteiger partial charge in [0.25, 0.3) is 0 Å². The molecule has 0 unspecified atom stereocenters. The number of nitrogens with two attached hydrogens (primary N) is 1. The molecule has 0 fully saturated rings. The van der Waals surface area contributed by atoms with Crippen LogP contribution < -0.4 is 5.73 Å². The SMILES string of the molecule is NC(=O)/C=C/C=C/c1cccnc1. The quantitative estimate of drug-likeness (QED) is 0.551. The summed E-state index contributed by atoms with van der Waals surface area (Å²) in [6.07, 6.45) is 9.90. The van der Waals surface area contributed by atoms with Crippen molar-refractivity contribution >= 4 is 12.0 Å². The summed E-state index contributed by atoms with van der Waals surface area (Å²) >= 11 is 0. The molecule has 1 amide bonds. The minimum Gasteiger partial charge on any atom is -0.366 e. The zero-order chi connectivity index (χ0) is 9.52. The highest BCUT2D eigenvalue weighted by Crippen LogP contribution is 1.97. The molecule has 0 aliphatic rings. The van der Waals surface area contributed by atoms with E-state index in [9.17, 15) is 4.79 Å². The Kier molecular flexibility index (Phi) is 3.45. The van der Waals surface area contributed by atoms with Crippen molar-refractivity contribution in [1.82, 2.24) is 4.98 Å². The first-order valence-corrected chi connectivity index (χ1v) is 3.83. The number of carbonyl (C=O) groups excluding carboxylic acids is 1. The number of nitrogens with zero attached hydrogens (tertiary/aromatic N) is 1. The van der Waals surface area contributed by atoms with E-state index < -0.39 is 5.91 Å². The average Bonchev–Trinajstić information content (AvgIpc) is 2.14. The van der Waals surface area contributed by atoms with Crippen molar-refractivity contribution in [2.45, 2.75) is 0 Å². The van der Waals surface area contributed by atoms with Gasteiger partial charge in [-0.25, -0.2) is 0 Å². The lowest BCUT2D eigenvalue weighted by Gasteiger charge is -1.87. The van der Waals surface area contributed by atoms with Gasteiger partial charge < -0.3 is 5.73 Å². The highest BCUT2D eigenvalue weighted by molar-refractivity contribution is 5.86. The van der Waals surface area contributed by atoms with E-state index in [1.165, 1.54) is 6.08 Å². The Morgan fingerprint density at radius 3 is 2.92 bits per heavy atom. The van der Waals surface area contributed by atoms with E-state index in [1.54, 1.807) is 24.5 Å². The van der Waals surface area contributed by atoms with Crippen molar-refractivity contribution < 1.29 is 4.79 Å².